The van der Waals surface area contributed by atoms with Crippen molar-refractivity contribution in [3.8, 4) is 5.75 Å². The van der Waals surface area contributed by atoms with Gasteiger partial charge in [-0.3, -0.25) is 9.10 Å². The van der Waals surface area contributed by atoms with Crippen molar-refractivity contribution in [2.24, 2.45) is 0 Å². The molecular formula is C24H27N3O4S. The first-order valence-electron chi connectivity index (χ1n) is 10.1. The summed E-state index contributed by atoms with van der Waals surface area (Å²) >= 11 is 0. The number of para-hydroxylation sites is 2. The Labute approximate surface area is 189 Å². The Bertz CT molecular complexity index is 1170. The number of anilines is 2. The number of benzene rings is 3. The van der Waals surface area contributed by atoms with Crippen LogP contribution in [-0.4, -0.2) is 35.0 Å². The first-order chi connectivity index (χ1) is 15.3. The second-order valence-corrected chi connectivity index (χ2v) is 9.19. The number of sulfonamides is 1. The van der Waals surface area contributed by atoms with Crippen molar-refractivity contribution >= 4 is 27.3 Å². The number of methoxy groups -OCH3 is 1. The Morgan fingerprint density at radius 3 is 2.41 bits per heavy atom. The van der Waals surface area contributed by atoms with Crippen molar-refractivity contribution in [1.82, 2.24) is 5.32 Å². The molecule has 1 amide bonds. The highest BCUT2D eigenvalue weighted by Gasteiger charge is 2.21. The second kappa shape index (κ2) is 10.2. The standard InChI is InChI=1S/C24H27N3O4S/c1-18(22-14-7-8-15-23(22)31-3)26-24(28)17-25-19-10-9-13-21(16-19)32(29,30)27(2)20-11-5-4-6-12-20/h4-16,18,25H,17H2,1-3H3,(H,26,28). The van der Waals surface area contributed by atoms with E-state index in [0.717, 1.165) is 5.56 Å². The van der Waals surface area contributed by atoms with Crippen LogP contribution in [0, 0.1) is 0 Å². The molecule has 3 aromatic carbocycles. The van der Waals surface area contributed by atoms with Crippen molar-refractivity contribution in [2.75, 3.05) is 30.3 Å². The molecular weight excluding hydrogens is 426 g/mol. The van der Waals surface area contributed by atoms with Crippen LogP contribution in [0.2, 0.25) is 0 Å². The number of hydrogen-bond donors (Lipinski definition) is 2. The topological polar surface area (TPSA) is 87.7 Å². The highest BCUT2D eigenvalue weighted by Crippen LogP contribution is 2.25. The van der Waals surface area contributed by atoms with Crippen LogP contribution in [0.15, 0.2) is 83.8 Å². The van der Waals surface area contributed by atoms with Crippen molar-refractivity contribution in [3.63, 3.8) is 0 Å². The molecule has 0 saturated carbocycles. The third-order valence-electron chi connectivity index (χ3n) is 5.05. The van der Waals surface area contributed by atoms with E-state index >= 15 is 0 Å². The fourth-order valence-electron chi connectivity index (χ4n) is 3.28. The van der Waals surface area contributed by atoms with E-state index in [-0.39, 0.29) is 23.4 Å². The lowest BCUT2D eigenvalue weighted by molar-refractivity contribution is -0.120. The lowest BCUT2D eigenvalue weighted by Crippen LogP contribution is -2.32. The van der Waals surface area contributed by atoms with Gasteiger partial charge in [-0.15, -0.1) is 0 Å². The number of ether oxygens (including phenoxy) is 1. The molecule has 0 aliphatic rings. The summed E-state index contributed by atoms with van der Waals surface area (Å²) < 4.78 is 32.6. The van der Waals surface area contributed by atoms with E-state index in [4.69, 9.17) is 4.74 Å². The van der Waals surface area contributed by atoms with Crippen LogP contribution in [0.3, 0.4) is 0 Å². The number of nitrogens with one attached hydrogen (secondary N) is 2. The lowest BCUT2D eigenvalue weighted by atomic mass is 10.1. The molecule has 0 heterocycles. The van der Waals surface area contributed by atoms with Gasteiger partial charge >= 0.3 is 0 Å². The molecule has 0 aromatic heterocycles. The molecule has 2 N–H and O–H groups in total. The number of rotatable bonds is 9. The molecule has 7 nitrogen and oxygen atoms in total. The molecule has 1 atom stereocenters. The summed E-state index contributed by atoms with van der Waals surface area (Å²) in [6, 6.07) is 22.5. The minimum atomic E-state index is -3.74. The highest BCUT2D eigenvalue weighted by molar-refractivity contribution is 7.92. The Kier molecular flexibility index (Phi) is 7.37. The number of nitrogens with zero attached hydrogens (tertiary/aromatic N) is 1. The average molecular weight is 454 g/mol. The molecule has 0 bridgehead atoms. The largest absolute Gasteiger partial charge is 0.496 e. The fourth-order valence-corrected chi connectivity index (χ4v) is 4.52. The van der Waals surface area contributed by atoms with Gasteiger partial charge < -0.3 is 15.4 Å². The van der Waals surface area contributed by atoms with Crippen LogP contribution < -0.4 is 19.7 Å². The molecule has 32 heavy (non-hydrogen) atoms. The maximum Gasteiger partial charge on any atom is 0.264 e. The van der Waals surface area contributed by atoms with Gasteiger partial charge in [0.15, 0.2) is 0 Å². The van der Waals surface area contributed by atoms with Gasteiger partial charge in [0.1, 0.15) is 5.75 Å². The normalized spacial score (nSPS) is 12.0. The van der Waals surface area contributed by atoms with Crippen molar-refractivity contribution in [3.05, 3.63) is 84.4 Å². The molecule has 8 heteroatoms. The molecule has 168 valence electrons. The third-order valence-corrected chi connectivity index (χ3v) is 6.83. The van der Waals surface area contributed by atoms with Gasteiger partial charge in [-0.1, -0.05) is 42.5 Å². The maximum atomic E-state index is 13.0. The molecule has 0 fully saturated rings. The van der Waals surface area contributed by atoms with Gasteiger partial charge in [-0.2, -0.15) is 0 Å². The molecule has 3 aromatic rings. The van der Waals surface area contributed by atoms with Gasteiger partial charge in [0.2, 0.25) is 5.91 Å². The molecule has 0 aliphatic heterocycles. The monoisotopic (exact) mass is 453 g/mol. The van der Waals surface area contributed by atoms with E-state index in [0.29, 0.717) is 17.1 Å². The van der Waals surface area contributed by atoms with Crippen LogP contribution in [-0.2, 0) is 14.8 Å². The highest BCUT2D eigenvalue weighted by atomic mass is 32.2. The summed E-state index contributed by atoms with van der Waals surface area (Å²) in [4.78, 5) is 12.6. The first-order valence-corrected chi connectivity index (χ1v) is 11.6. The predicted molar refractivity (Wildman–Crippen MR) is 127 cm³/mol. The van der Waals surface area contributed by atoms with Crippen LogP contribution in [0.5, 0.6) is 5.75 Å². The predicted octanol–water partition coefficient (Wildman–Crippen LogP) is 3.81. The number of carbonyl (C=O) groups is 1. The SMILES string of the molecule is COc1ccccc1C(C)NC(=O)CNc1cccc(S(=O)(=O)N(C)c2ccccc2)c1. The van der Waals surface area contributed by atoms with E-state index in [1.807, 2.05) is 37.3 Å². The molecule has 0 saturated heterocycles. The quantitative estimate of drug-likeness (QED) is 0.514. The Hall–Kier alpha value is -3.52. The zero-order chi connectivity index (χ0) is 23.1. The first kappa shape index (κ1) is 23.1. The van der Waals surface area contributed by atoms with E-state index in [1.165, 1.54) is 23.5 Å². The van der Waals surface area contributed by atoms with E-state index in [2.05, 4.69) is 10.6 Å². The Morgan fingerprint density at radius 1 is 1.00 bits per heavy atom. The summed E-state index contributed by atoms with van der Waals surface area (Å²) in [5.41, 5.74) is 1.98. The Balaban J connectivity index is 1.65. The minimum Gasteiger partial charge on any atom is -0.496 e. The maximum absolute atomic E-state index is 13.0. The summed E-state index contributed by atoms with van der Waals surface area (Å²) in [6.45, 7) is 1.87. The summed E-state index contributed by atoms with van der Waals surface area (Å²) in [5.74, 6) is 0.478. The zero-order valence-electron chi connectivity index (χ0n) is 18.3. The molecule has 0 radical (unpaired) electrons. The van der Waals surface area contributed by atoms with E-state index in [9.17, 15) is 13.2 Å². The van der Waals surface area contributed by atoms with Gasteiger partial charge in [0.05, 0.1) is 30.3 Å². The van der Waals surface area contributed by atoms with E-state index < -0.39 is 10.0 Å². The second-order valence-electron chi connectivity index (χ2n) is 7.22. The number of carbonyl (C=O) groups excluding carboxylic acids is 1. The lowest BCUT2D eigenvalue weighted by Gasteiger charge is -2.20. The van der Waals surface area contributed by atoms with Gasteiger partial charge in [-0.05, 0) is 43.3 Å². The van der Waals surface area contributed by atoms with Gasteiger partial charge in [-0.25, -0.2) is 8.42 Å². The van der Waals surface area contributed by atoms with Crippen LogP contribution >= 0.6 is 0 Å². The number of hydrogen-bond acceptors (Lipinski definition) is 5. The fraction of sp³-hybridized carbons (Fsp3) is 0.208. The molecule has 0 aliphatic carbocycles. The Morgan fingerprint density at radius 2 is 1.69 bits per heavy atom. The number of amides is 1. The molecule has 1 unspecified atom stereocenters. The van der Waals surface area contributed by atoms with Gasteiger partial charge in [0, 0.05) is 18.3 Å². The smallest absolute Gasteiger partial charge is 0.264 e. The molecule has 0 spiro atoms. The average Bonchev–Trinajstić information content (AvgIpc) is 2.82. The summed E-state index contributed by atoms with van der Waals surface area (Å²) in [5, 5.41) is 5.91. The summed E-state index contributed by atoms with van der Waals surface area (Å²) in [6.07, 6.45) is 0. The zero-order valence-corrected chi connectivity index (χ0v) is 19.1. The molecule has 3 rings (SSSR count). The van der Waals surface area contributed by atoms with Crippen molar-refractivity contribution in [1.29, 1.82) is 0 Å². The summed E-state index contributed by atoms with van der Waals surface area (Å²) in [7, 11) is -0.637. The van der Waals surface area contributed by atoms with Gasteiger partial charge in [0.25, 0.3) is 10.0 Å². The van der Waals surface area contributed by atoms with Crippen LogP contribution in [0.25, 0.3) is 0 Å². The van der Waals surface area contributed by atoms with Crippen molar-refractivity contribution < 1.29 is 17.9 Å². The van der Waals surface area contributed by atoms with E-state index in [1.54, 1.807) is 43.5 Å². The minimum absolute atomic E-state index is 0.00247. The van der Waals surface area contributed by atoms with Crippen molar-refractivity contribution in [2.45, 2.75) is 17.9 Å². The third kappa shape index (κ3) is 5.39. The van der Waals surface area contributed by atoms with Crippen LogP contribution in [0.1, 0.15) is 18.5 Å². The van der Waals surface area contributed by atoms with Crippen LogP contribution in [0.4, 0.5) is 11.4 Å².